The minimum Gasteiger partial charge on any atom is -0.326 e. The Hall–Kier alpha value is -3.17. The van der Waals surface area contributed by atoms with Crippen LogP contribution in [-0.4, -0.2) is 20.2 Å². The van der Waals surface area contributed by atoms with Gasteiger partial charge in [-0.1, -0.05) is 18.2 Å². The number of hydrogen-bond acceptors (Lipinski definition) is 4. The molecular weight excluding hydrogens is 356 g/mol. The second kappa shape index (κ2) is 8.28. The number of hydrogen-bond donors (Lipinski definition) is 4. The van der Waals surface area contributed by atoms with Gasteiger partial charge in [0.2, 0.25) is 11.8 Å². The van der Waals surface area contributed by atoms with Crippen LogP contribution in [0, 0.1) is 0 Å². The first-order chi connectivity index (χ1) is 12.2. The molecule has 2 aromatic rings. The van der Waals surface area contributed by atoms with E-state index in [1.54, 1.807) is 42.5 Å². The summed E-state index contributed by atoms with van der Waals surface area (Å²) in [5.41, 5.74) is 2.09. The summed E-state index contributed by atoms with van der Waals surface area (Å²) in [5, 5.41) is 10.2. The number of amides is 2. The fraction of sp³-hybridized carbons (Fsp3) is 0.0588. The van der Waals surface area contributed by atoms with Crippen LogP contribution in [0.2, 0.25) is 0 Å². The van der Waals surface area contributed by atoms with Gasteiger partial charge in [0.05, 0.1) is 5.69 Å². The first kappa shape index (κ1) is 19.2. The van der Waals surface area contributed by atoms with Crippen molar-refractivity contribution in [3.63, 3.8) is 0 Å². The smallest absolute Gasteiger partial charge is 0.296 e. The Bertz CT molecular complexity index is 937. The molecule has 26 heavy (non-hydrogen) atoms. The molecular formula is C17H18N4O4S. The molecule has 8 nitrogen and oxygen atoms in total. The normalized spacial score (nSPS) is 11.2. The number of nitrogens with two attached hydrogens (primary N) is 1. The van der Waals surface area contributed by atoms with Crippen molar-refractivity contribution in [2.75, 3.05) is 15.4 Å². The lowest BCUT2D eigenvalue weighted by Gasteiger charge is -2.06. The molecule has 0 spiro atoms. The lowest BCUT2D eigenvalue weighted by molar-refractivity contribution is -0.114. The van der Waals surface area contributed by atoms with E-state index in [1.807, 2.05) is 0 Å². The van der Waals surface area contributed by atoms with E-state index in [4.69, 9.17) is 5.14 Å². The Kier molecular flexibility index (Phi) is 6.10. The highest BCUT2D eigenvalue weighted by molar-refractivity contribution is 7.90. The standard InChI is InChI=1S/C17H18N4O4S/c1-12(22)19-14-8-5-13(6-9-14)7-10-17(23)20-15-3-2-4-16(11-15)21-26(18,24)25/h2-11,21H,1H3,(H,19,22)(H,20,23)(H2,18,24,25). The molecule has 2 aromatic carbocycles. The summed E-state index contributed by atoms with van der Waals surface area (Å²) in [5.74, 6) is -0.546. The zero-order valence-electron chi connectivity index (χ0n) is 13.9. The summed E-state index contributed by atoms with van der Waals surface area (Å²) in [6.45, 7) is 1.42. The molecule has 0 aromatic heterocycles. The van der Waals surface area contributed by atoms with Crippen molar-refractivity contribution in [1.29, 1.82) is 0 Å². The Morgan fingerprint density at radius 2 is 1.62 bits per heavy atom. The largest absolute Gasteiger partial charge is 0.326 e. The van der Waals surface area contributed by atoms with Crippen LogP contribution >= 0.6 is 0 Å². The zero-order chi connectivity index (χ0) is 19.2. The zero-order valence-corrected chi connectivity index (χ0v) is 14.7. The van der Waals surface area contributed by atoms with Gasteiger partial charge in [-0.3, -0.25) is 14.3 Å². The number of rotatable bonds is 6. The van der Waals surface area contributed by atoms with Gasteiger partial charge in [0.25, 0.3) is 10.2 Å². The molecule has 2 amide bonds. The monoisotopic (exact) mass is 374 g/mol. The van der Waals surface area contributed by atoms with E-state index in [2.05, 4.69) is 15.4 Å². The summed E-state index contributed by atoms with van der Waals surface area (Å²) in [4.78, 5) is 22.9. The second-order valence-corrected chi connectivity index (χ2v) is 6.65. The van der Waals surface area contributed by atoms with Crippen molar-refractivity contribution in [1.82, 2.24) is 0 Å². The molecule has 0 bridgehead atoms. The second-order valence-electron chi connectivity index (χ2n) is 5.35. The van der Waals surface area contributed by atoms with Gasteiger partial charge in [-0.05, 0) is 42.0 Å². The molecule has 0 radical (unpaired) electrons. The quantitative estimate of drug-likeness (QED) is 0.575. The number of carbonyl (C=O) groups excluding carboxylic acids is 2. The maximum atomic E-state index is 12.0. The van der Waals surface area contributed by atoms with Crippen molar-refractivity contribution < 1.29 is 18.0 Å². The first-order valence-corrected chi connectivity index (χ1v) is 9.03. The molecule has 0 atom stereocenters. The van der Waals surface area contributed by atoms with Crippen LogP contribution in [0.3, 0.4) is 0 Å². The van der Waals surface area contributed by atoms with Gasteiger partial charge in [0.1, 0.15) is 0 Å². The average Bonchev–Trinajstić information content (AvgIpc) is 2.52. The number of benzene rings is 2. The van der Waals surface area contributed by atoms with Gasteiger partial charge in [0, 0.05) is 24.4 Å². The molecule has 0 unspecified atom stereocenters. The van der Waals surface area contributed by atoms with Crippen molar-refractivity contribution in [3.05, 3.63) is 60.2 Å². The van der Waals surface area contributed by atoms with Crippen LogP contribution < -0.4 is 20.5 Å². The summed E-state index contributed by atoms with van der Waals surface area (Å²) < 4.78 is 24.2. The molecule has 2 rings (SSSR count). The van der Waals surface area contributed by atoms with E-state index in [-0.39, 0.29) is 17.5 Å². The van der Waals surface area contributed by atoms with E-state index >= 15 is 0 Å². The van der Waals surface area contributed by atoms with E-state index < -0.39 is 10.2 Å². The highest BCUT2D eigenvalue weighted by Gasteiger charge is 2.04. The van der Waals surface area contributed by atoms with Crippen LogP contribution in [0.25, 0.3) is 6.08 Å². The van der Waals surface area contributed by atoms with Crippen molar-refractivity contribution in [2.24, 2.45) is 5.14 Å². The van der Waals surface area contributed by atoms with Gasteiger partial charge in [-0.25, -0.2) is 5.14 Å². The van der Waals surface area contributed by atoms with E-state index in [0.717, 1.165) is 5.56 Å². The lowest BCUT2D eigenvalue weighted by atomic mass is 10.2. The third kappa shape index (κ3) is 6.75. The van der Waals surface area contributed by atoms with Crippen LogP contribution in [0.1, 0.15) is 12.5 Å². The Morgan fingerprint density at radius 1 is 0.962 bits per heavy atom. The number of nitrogens with one attached hydrogen (secondary N) is 3. The summed E-state index contributed by atoms with van der Waals surface area (Å²) in [7, 11) is -3.88. The highest BCUT2D eigenvalue weighted by Crippen LogP contribution is 2.16. The average molecular weight is 374 g/mol. The van der Waals surface area contributed by atoms with Crippen LogP contribution in [0.15, 0.2) is 54.6 Å². The summed E-state index contributed by atoms with van der Waals surface area (Å²) >= 11 is 0. The highest BCUT2D eigenvalue weighted by atomic mass is 32.2. The van der Waals surface area contributed by atoms with Gasteiger partial charge in [-0.2, -0.15) is 8.42 Å². The minimum atomic E-state index is -3.88. The SMILES string of the molecule is CC(=O)Nc1ccc(C=CC(=O)Nc2cccc(NS(N)(=O)=O)c2)cc1. The molecule has 0 saturated heterocycles. The third-order valence-electron chi connectivity index (χ3n) is 3.05. The van der Waals surface area contributed by atoms with Crippen LogP contribution in [0.4, 0.5) is 17.1 Å². The predicted octanol–water partition coefficient (Wildman–Crippen LogP) is 1.91. The summed E-state index contributed by atoms with van der Waals surface area (Å²) in [6, 6.07) is 13.1. The van der Waals surface area contributed by atoms with Gasteiger partial charge >= 0.3 is 0 Å². The van der Waals surface area contributed by atoms with E-state index in [9.17, 15) is 18.0 Å². The molecule has 0 heterocycles. The van der Waals surface area contributed by atoms with Crippen LogP contribution in [-0.2, 0) is 19.8 Å². The maximum absolute atomic E-state index is 12.0. The molecule has 0 fully saturated rings. The predicted molar refractivity (Wildman–Crippen MR) is 102 cm³/mol. The molecule has 9 heteroatoms. The number of anilines is 3. The molecule has 0 saturated carbocycles. The third-order valence-corrected chi connectivity index (χ3v) is 3.57. The lowest BCUT2D eigenvalue weighted by Crippen LogP contribution is -2.21. The van der Waals surface area contributed by atoms with Crippen LogP contribution in [0.5, 0.6) is 0 Å². The Labute approximate surface area is 151 Å². The van der Waals surface area contributed by atoms with Crippen molar-refractivity contribution in [2.45, 2.75) is 6.92 Å². The van der Waals surface area contributed by atoms with Gasteiger partial charge < -0.3 is 10.6 Å². The van der Waals surface area contributed by atoms with E-state index in [1.165, 1.54) is 25.1 Å². The maximum Gasteiger partial charge on any atom is 0.296 e. The first-order valence-electron chi connectivity index (χ1n) is 7.48. The summed E-state index contributed by atoms with van der Waals surface area (Å²) in [6.07, 6.45) is 2.95. The molecule has 5 N–H and O–H groups in total. The molecule has 0 aliphatic carbocycles. The molecule has 0 aliphatic rings. The fourth-order valence-electron chi connectivity index (χ4n) is 2.06. The Morgan fingerprint density at radius 3 is 2.23 bits per heavy atom. The van der Waals surface area contributed by atoms with Crippen molar-refractivity contribution >= 4 is 45.2 Å². The molecule has 0 aliphatic heterocycles. The fourth-order valence-corrected chi connectivity index (χ4v) is 2.52. The topological polar surface area (TPSA) is 130 Å². The van der Waals surface area contributed by atoms with Gasteiger partial charge in [0.15, 0.2) is 0 Å². The molecule has 136 valence electrons. The van der Waals surface area contributed by atoms with Crippen molar-refractivity contribution in [3.8, 4) is 0 Å². The van der Waals surface area contributed by atoms with Gasteiger partial charge in [-0.15, -0.1) is 0 Å². The minimum absolute atomic E-state index is 0.160. The van der Waals surface area contributed by atoms with E-state index in [0.29, 0.717) is 11.4 Å². The Balaban J connectivity index is 1.99. The number of carbonyl (C=O) groups is 2.